The van der Waals surface area contributed by atoms with Crippen LogP contribution >= 0.6 is 0 Å². The van der Waals surface area contributed by atoms with E-state index in [2.05, 4.69) is 5.32 Å². The van der Waals surface area contributed by atoms with Gasteiger partial charge in [0.05, 0.1) is 6.42 Å². The summed E-state index contributed by atoms with van der Waals surface area (Å²) in [4.78, 5) is 10.9. The molecular formula is C12H16N2O. The molecule has 3 heteroatoms. The van der Waals surface area contributed by atoms with Crippen molar-refractivity contribution < 1.29 is 4.79 Å². The van der Waals surface area contributed by atoms with Gasteiger partial charge >= 0.3 is 0 Å². The van der Waals surface area contributed by atoms with Crippen LogP contribution in [0.1, 0.15) is 24.8 Å². The Kier molecular flexibility index (Phi) is 2.90. The van der Waals surface area contributed by atoms with Crippen molar-refractivity contribution in [2.45, 2.75) is 31.7 Å². The number of anilines is 1. The van der Waals surface area contributed by atoms with Crippen molar-refractivity contribution in [3.8, 4) is 0 Å². The number of hydrogen-bond acceptors (Lipinski definition) is 2. The van der Waals surface area contributed by atoms with E-state index in [-0.39, 0.29) is 5.91 Å². The summed E-state index contributed by atoms with van der Waals surface area (Å²) in [6.07, 6.45) is 4.07. The van der Waals surface area contributed by atoms with E-state index in [0.29, 0.717) is 12.5 Å². The van der Waals surface area contributed by atoms with E-state index in [0.717, 1.165) is 11.3 Å². The number of carbonyl (C=O) groups excluding carboxylic acids is 1. The molecule has 0 saturated heterocycles. The van der Waals surface area contributed by atoms with Crippen molar-refractivity contribution in [2.75, 3.05) is 5.32 Å². The number of nitrogens with one attached hydrogen (secondary N) is 1. The van der Waals surface area contributed by atoms with Crippen molar-refractivity contribution in [2.24, 2.45) is 5.73 Å². The predicted molar refractivity (Wildman–Crippen MR) is 60.6 cm³/mol. The largest absolute Gasteiger partial charge is 0.382 e. The molecule has 0 spiro atoms. The summed E-state index contributed by atoms with van der Waals surface area (Å²) in [5.74, 6) is -0.280. The Hall–Kier alpha value is -1.51. The van der Waals surface area contributed by atoms with Crippen LogP contribution in [0, 0.1) is 0 Å². The summed E-state index contributed by atoms with van der Waals surface area (Å²) in [5.41, 5.74) is 7.26. The van der Waals surface area contributed by atoms with Crippen molar-refractivity contribution in [3.05, 3.63) is 29.8 Å². The van der Waals surface area contributed by atoms with Crippen molar-refractivity contribution >= 4 is 11.6 Å². The number of para-hydroxylation sites is 1. The normalized spacial score (nSPS) is 15.7. The average molecular weight is 204 g/mol. The Morgan fingerprint density at radius 1 is 1.40 bits per heavy atom. The van der Waals surface area contributed by atoms with E-state index in [9.17, 15) is 4.79 Å². The van der Waals surface area contributed by atoms with E-state index in [1.807, 2.05) is 24.3 Å². The molecule has 15 heavy (non-hydrogen) atoms. The molecule has 3 nitrogen and oxygen atoms in total. The maximum Gasteiger partial charge on any atom is 0.221 e. The molecule has 1 aromatic rings. The zero-order valence-electron chi connectivity index (χ0n) is 8.70. The lowest BCUT2D eigenvalue weighted by Gasteiger charge is -2.28. The Balaban J connectivity index is 2.09. The summed E-state index contributed by atoms with van der Waals surface area (Å²) >= 11 is 0. The summed E-state index contributed by atoms with van der Waals surface area (Å²) in [5, 5.41) is 3.44. The lowest BCUT2D eigenvalue weighted by Crippen LogP contribution is -2.28. The van der Waals surface area contributed by atoms with Gasteiger partial charge in [0.15, 0.2) is 0 Å². The Morgan fingerprint density at radius 2 is 2.13 bits per heavy atom. The second-order valence-electron chi connectivity index (χ2n) is 4.07. The molecule has 1 aromatic carbocycles. The SMILES string of the molecule is NC(=O)Cc1ccccc1NC1CCC1. The molecule has 3 N–H and O–H groups in total. The number of carbonyl (C=O) groups is 1. The quantitative estimate of drug-likeness (QED) is 0.784. The molecule has 0 aliphatic heterocycles. The molecule has 0 unspecified atom stereocenters. The summed E-state index contributed by atoms with van der Waals surface area (Å²) in [6.45, 7) is 0. The first-order valence-corrected chi connectivity index (χ1v) is 5.38. The minimum Gasteiger partial charge on any atom is -0.382 e. The fourth-order valence-corrected chi connectivity index (χ4v) is 1.78. The zero-order valence-corrected chi connectivity index (χ0v) is 8.70. The molecule has 0 atom stereocenters. The molecule has 1 saturated carbocycles. The number of hydrogen-bond donors (Lipinski definition) is 2. The van der Waals surface area contributed by atoms with Gasteiger partial charge in [-0.15, -0.1) is 0 Å². The molecule has 1 fully saturated rings. The summed E-state index contributed by atoms with van der Waals surface area (Å²) in [6, 6.07) is 8.46. The fourth-order valence-electron chi connectivity index (χ4n) is 1.78. The van der Waals surface area contributed by atoms with Gasteiger partial charge in [-0.3, -0.25) is 4.79 Å². The van der Waals surface area contributed by atoms with E-state index in [1.54, 1.807) is 0 Å². The van der Waals surface area contributed by atoms with Crippen LogP contribution in [-0.2, 0) is 11.2 Å². The van der Waals surface area contributed by atoms with E-state index >= 15 is 0 Å². The molecule has 0 bridgehead atoms. The van der Waals surface area contributed by atoms with Crippen molar-refractivity contribution in [3.63, 3.8) is 0 Å². The standard InChI is InChI=1S/C12H16N2O/c13-12(15)8-9-4-1-2-7-11(9)14-10-5-3-6-10/h1-2,4,7,10,14H,3,5-6,8H2,(H2,13,15). The second kappa shape index (κ2) is 4.34. The maximum absolute atomic E-state index is 10.9. The fraction of sp³-hybridized carbons (Fsp3) is 0.417. The molecule has 0 aromatic heterocycles. The Morgan fingerprint density at radius 3 is 2.73 bits per heavy atom. The lowest BCUT2D eigenvalue weighted by atomic mass is 9.92. The third kappa shape index (κ3) is 2.49. The summed E-state index contributed by atoms with van der Waals surface area (Å²) < 4.78 is 0. The van der Waals surface area contributed by atoms with Crippen LogP contribution in [0.4, 0.5) is 5.69 Å². The molecule has 2 rings (SSSR count). The van der Waals surface area contributed by atoms with Gasteiger partial charge in [0.25, 0.3) is 0 Å². The highest BCUT2D eigenvalue weighted by Gasteiger charge is 2.17. The van der Waals surface area contributed by atoms with Crippen LogP contribution < -0.4 is 11.1 Å². The van der Waals surface area contributed by atoms with Crippen LogP contribution in [0.15, 0.2) is 24.3 Å². The first-order valence-electron chi connectivity index (χ1n) is 5.38. The van der Waals surface area contributed by atoms with Crippen LogP contribution in [0.2, 0.25) is 0 Å². The Bertz CT molecular complexity index is 358. The lowest BCUT2D eigenvalue weighted by molar-refractivity contribution is -0.117. The van der Waals surface area contributed by atoms with Crippen LogP contribution in [0.3, 0.4) is 0 Å². The molecular weight excluding hydrogens is 188 g/mol. The molecule has 1 amide bonds. The average Bonchev–Trinajstić information content (AvgIpc) is 2.13. The van der Waals surface area contributed by atoms with Gasteiger partial charge in [-0.2, -0.15) is 0 Å². The van der Waals surface area contributed by atoms with Crippen LogP contribution in [0.25, 0.3) is 0 Å². The van der Waals surface area contributed by atoms with Crippen LogP contribution in [0.5, 0.6) is 0 Å². The van der Waals surface area contributed by atoms with Gasteiger partial charge in [0, 0.05) is 11.7 Å². The van der Waals surface area contributed by atoms with Gasteiger partial charge in [0.2, 0.25) is 5.91 Å². The number of rotatable bonds is 4. The van der Waals surface area contributed by atoms with Crippen molar-refractivity contribution in [1.82, 2.24) is 0 Å². The monoisotopic (exact) mass is 204 g/mol. The minimum absolute atomic E-state index is 0.280. The summed E-state index contributed by atoms with van der Waals surface area (Å²) in [7, 11) is 0. The van der Waals surface area contributed by atoms with Crippen molar-refractivity contribution in [1.29, 1.82) is 0 Å². The van der Waals surface area contributed by atoms with E-state index < -0.39 is 0 Å². The topological polar surface area (TPSA) is 55.1 Å². The molecule has 1 aliphatic rings. The van der Waals surface area contributed by atoms with Gasteiger partial charge in [-0.05, 0) is 30.9 Å². The maximum atomic E-state index is 10.9. The first kappa shape index (κ1) is 10.0. The van der Waals surface area contributed by atoms with Gasteiger partial charge in [-0.1, -0.05) is 18.2 Å². The third-order valence-corrected chi connectivity index (χ3v) is 2.85. The number of primary amides is 1. The molecule has 0 heterocycles. The highest BCUT2D eigenvalue weighted by Crippen LogP contribution is 2.25. The molecule has 0 radical (unpaired) electrons. The number of nitrogens with two attached hydrogens (primary N) is 1. The number of benzene rings is 1. The highest BCUT2D eigenvalue weighted by atomic mass is 16.1. The zero-order chi connectivity index (χ0) is 10.7. The van der Waals surface area contributed by atoms with Gasteiger partial charge < -0.3 is 11.1 Å². The smallest absolute Gasteiger partial charge is 0.221 e. The van der Waals surface area contributed by atoms with Gasteiger partial charge in [-0.25, -0.2) is 0 Å². The van der Waals surface area contributed by atoms with E-state index in [1.165, 1.54) is 19.3 Å². The van der Waals surface area contributed by atoms with Gasteiger partial charge in [0.1, 0.15) is 0 Å². The third-order valence-electron chi connectivity index (χ3n) is 2.85. The molecule has 1 aliphatic carbocycles. The minimum atomic E-state index is -0.280. The predicted octanol–water partition coefficient (Wildman–Crippen LogP) is 1.68. The molecule has 80 valence electrons. The van der Waals surface area contributed by atoms with E-state index in [4.69, 9.17) is 5.73 Å². The second-order valence-corrected chi connectivity index (χ2v) is 4.07. The Labute approximate surface area is 89.7 Å². The van der Waals surface area contributed by atoms with Crippen LogP contribution in [-0.4, -0.2) is 11.9 Å². The number of amides is 1. The first-order chi connectivity index (χ1) is 7.25. The highest BCUT2D eigenvalue weighted by molar-refractivity contribution is 5.78.